The number of hydrogen-bond donors (Lipinski definition) is 1. The van der Waals surface area contributed by atoms with Crippen LogP contribution in [0, 0.1) is 5.92 Å². The van der Waals surface area contributed by atoms with Gasteiger partial charge in [-0.3, -0.25) is 4.68 Å². The number of nitrogens with one attached hydrogen (secondary N) is 1. The maximum absolute atomic E-state index is 6.26. The Hall–Kier alpha value is -0.870. The van der Waals surface area contributed by atoms with Crippen molar-refractivity contribution < 1.29 is 4.74 Å². The van der Waals surface area contributed by atoms with E-state index in [4.69, 9.17) is 4.74 Å². The lowest BCUT2D eigenvalue weighted by atomic mass is 9.80. The second kappa shape index (κ2) is 5.49. The predicted molar refractivity (Wildman–Crippen MR) is 81.6 cm³/mol. The Morgan fingerprint density at radius 2 is 2.15 bits per heavy atom. The van der Waals surface area contributed by atoms with E-state index in [1.165, 1.54) is 0 Å². The summed E-state index contributed by atoms with van der Waals surface area (Å²) in [6, 6.07) is 2.38. The van der Waals surface area contributed by atoms with Crippen LogP contribution < -0.4 is 5.32 Å². The van der Waals surface area contributed by atoms with Gasteiger partial charge < -0.3 is 10.1 Å². The lowest BCUT2D eigenvalue weighted by molar-refractivity contribution is -0.0780. The second-order valence-electron chi connectivity index (χ2n) is 7.12. The highest BCUT2D eigenvalue weighted by Gasteiger charge is 2.49. The summed E-state index contributed by atoms with van der Waals surface area (Å²) in [5.41, 5.74) is 0.932. The predicted octanol–water partition coefficient (Wildman–Crippen LogP) is 3.05. The Kier molecular flexibility index (Phi) is 4.26. The maximum Gasteiger partial charge on any atom is 0.0797 e. The van der Waals surface area contributed by atoms with Crippen LogP contribution in [0.15, 0.2) is 12.3 Å². The number of rotatable bonds is 5. The van der Waals surface area contributed by atoms with Gasteiger partial charge in [-0.25, -0.2) is 0 Å². The molecule has 2 unspecified atom stereocenters. The third-order valence-corrected chi connectivity index (χ3v) is 4.21. The van der Waals surface area contributed by atoms with E-state index in [2.05, 4.69) is 51.1 Å². The van der Waals surface area contributed by atoms with Crippen LogP contribution in [0.25, 0.3) is 0 Å². The fraction of sp³-hybridized carbons (Fsp3) is 0.812. The molecule has 4 nitrogen and oxygen atoms in total. The van der Waals surface area contributed by atoms with Gasteiger partial charge in [-0.1, -0.05) is 6.92 Å². The standard InChI is InChI=1S/C16H29N3O/c1-7-9-17-14(13-8-10-19(6)18-13)12-11-15(2,3)20-16(12,4)5/h8,10,12,14,17H,7,9,11H2,1-6H3. The monoisotopic (exact) mass is 279 g/mol. The molecule has 0 aromatic carbocycles. The largest absolute Gasteiger partial charge is 0.369 e. The van der Waals surface area contributed by atoms with Crippen molar-refractivity contribution in [2.45, 2.75) is 64.7 Å². The Balaban J connectivity index is 2.27. The first-order valence-electron chi connectivity index (χ1n) is 7.68. The normalized spacial score (nSPS) is 25.8. The molecule has 2 atom stereocenters. The molecule has 0 amide bonds. The first-order valence-corrected chi connectivity index (χ1v) is 7.68. The van der Waals surface area contributed by atoms with E-state index in [-0.39, 0.29) is 17.2 Å². The molecule has 1 saturated heterocycles. The Morgan fingerprint density at radius 1 is 1.45 bits per heavy atom. The Labute approximate surface area is 122 Å². The lowest BCUT2D eigenvalue weighted by Crippen LogP contribution is -2.39. The molecular weight excluding hydrogens is 250 g/mol. The van der Waals surface area contributed by atoms with E-state index >= 15 is 0 Å². The van der Waals surface area contributed by atoms with Crippen LogP contribution in [0.2, 0.25) is 0 Å². The van der Waals surface area contributed by atoms with E-state index < -0.39 is 0 Å². The van der Waals surface area contributed by atoms with Gasteiger partial charge in [-0.2, -0.15) is 5.10 Å². The number of aromatic nitrogens is 2. The highest BCUT2D eigenvalue weighted by atomic mass is 16.5. The highest BCUT2D eigenvalue weighted by Crippen LogP contribution is 2.47. The summed E-state index contributed by atoms with van der Waals surface area (Å²) in [6.45, 7) is 12.0. The zero-order valence-electron chi connectivity index (χ0n) is 13.7. The summed E-state index contributed by atoms with van der Waals surface area (Å²) < 4.78 is 8.14. The number of hydrogen-bond acceptors (Lipinski definition) is 3. The fourth-order valence-corrected chi connectivity index (χ4v) is 3.48. The molecule has 2 heterocycles. The molecule has 4 heteroatoms. The van der Waals surface area contributed by atoms with Crippen LogP contribution in [0.1, 0.15) is 59.2 Å². The Bertz CT molecular complexity index is 450. The van der Waals surface area contributed by atoms with Gasteiger partial charge in [0, 0.05) is 19.2 Å². The second-order valence-corrected chi connectivity index (χ2v) is 7.12. The topological polar surface area (TPSA) is 39.1 Å². The quantitative estimate of drug-likeness (QED) is 0.900. The average Bonchev–Trinajstić information content (AvgIpc) is 2.81. The lowest BCUT2D eigenvalue weighted by Gasteiger charge is -2.32. The van der Waals surface area contributed by atoms with Crippen LogP contribution in [0.4, 0.5) is 0 Å². The summed E-state index contributed by atoms with van der Waals surface area (Å²) in [5, 5.41) is 8.30. The van der Waals surface area contributed by atoms with Crippen molar-refractivity contribution in [3.8, 4) is 0 Å². The van der Waals surface area contributed by atoms with Gasteiger partial charge in [0.1, 0.15) is 0 Å². The molecule has 1 N–H and O–H groups in total. The molecule has 1 aromatic rings. The van der Waals surface area contributed by atoms with Crippen molar-refractivity contribution >= 4 is 0 Å². The molecule has 0 radical (unpaired) electrons. The molecule has 20 heavy (non-hydrogen) atoms. The van der Waals surface area contributed by atoms with Crippen molar-refractivity contribution in [1.29, 1.82) is 0 Å². The van der Waals surface area contributed by atoms with Gasteiger partial charge in [-0.05, 0) is 53.1 Å². The molecule has 0 spiro atoms. The molecule has 0 aliphatic carbocycles. The van der Waals surface area contributed by atoms with Crippen LogP contribution >= 0.6 is 0 Å². The van der Waals surface area contributed by atoms with Crippen molar-refractivity contribution in [3.63, 3.8) is 0 Å². The minimum atomic E-state index is -0.133. The summed E-state index contributed by atoms with van der Waals surface area (Å²) in [7, 11) is 1.97. The molecule has 1 fully saturated rings. The minimum absolute atomic E-state index is 0.0604. The molecule has 1 aliphatic rings. The first kappa shape index (κ1) is 15.5. The SMILES string of the molecule is CCCNC(c1ccn(C)n1)C1CC(C)(C)OC1(C)C. The molecule has 1 aliphatic heterocycles. The molecule has 114 valence electrons. The molecule has 2 rings (SSSR count). The van der Waals surface area contributed by atoms with Gasteiger partial charge >= 0.3 is 0 Å². The zero-order chi connectivity index (χ0) is 15.0. The molecule has 0 saturated carbocycles. The van der Waals surface area contributed by atoms with Crippen LogP contribution in [0.3, 0.4) is 0 Å². The van der Waals surface area contributed by atoms with E-state index in [1.54, 1.807) is 0 Å². The van der Waals surface area contributed by atoms with Gasteiger partial charge in [0.05, 0.1) is 22.9 Å². The maximum atomic E-state index is 6.26. The van der Waals surface area contributed by atoms with Gasteiger partial charge in [-0.15, -0.1) is 0 Å². The number of nitrogens with zero attached hydrogens (tertiary/aromatic N) is 2. The van der Waals surface area contributed by atoms with Crippen molar-refractivity contribution in [2.24, 2.45) is 13.0 Å². The van der Waals surface area contributed by atoms with E-state index in [9.17, 15) is 0 Å². The van der Waals surface area contributed by atoms with Gasteiger partial charge in [0.2, 0.25) is 0 Å². The Morgan fingerprint density at radius 3 is 2.60 bits per heavy atom. The zero-order valence-corrected chi connectivity index (χ0v) is 13.7. The fourth-order valence-electron chi connectivity index (χ4n) is 3.48. The summed E-state index contributed by atoms with van der Waals surface area (Å²) in [6.07, 6.45) is 4.20. The van der Waals surface area contributed by atoms with Crippen molar-refractivity contribution in [2.75, 3.05) is 6.54 Å². The smallest absolute Gasteiger partial charge is 0.0797 e. The highest BCUT2D eigenvalue weighted by molar-refractivity contribution is 5.12. The van der Waals surface area contributed by atoms with Crippen LogP contribution in [-0.4, -0.2) is 27.5 Å². The third-order valence-electron chi connectivity index (χ3n) is 4.21. The number of aryl methyl sites for hydroxylation is 1. The van der Waals surface area contributed by atoms with E-state index in [0.717, 1.165) is 25.1 Å². The van der Waals surface area contributed by atoms with Crippen LogP contribution in [-0.2, 0) is 11.8 Å². The van der Waals surface area contributed by atoms with Crippen molar-refractivity contribution in [3.05, 3.63) is 18.0 Å². The van der Waals surface area contributed by atoms with E-state index in [0.29, 0.717) is 5.92 Å². The van der Waals surface area contributed by atoms with Crippen molar-refractivity contribution in [1.82, 2.24) is 15.1 Å². The first-order chi connectivity index (χ1) is 9.25. The van der Waals surface area contributed by atoms with Gasteiger partial charge in [0.15, 0.2) is 0 Å². The van der Waals surface area contributed by atoms with E-state index in [1.807, 2.05) is 17.9 Å². The number of ether oxygens (including phenoxy) is 1. The van der Waals surface area contributed by atoms with Gasteiger partial charge in [0.25, 0.3) is 0 Å². The molecule has 1 aromatic heterocycles. The molecule has 0 bridgehead atoms. The molecular formula is C16H29N3O. The third kappa shape index (κ3) is 3.23. The summed E-state index contributed by atoms with van der Waals surface area (Å²) in [5.74, 6) is 0.430. The summed E-state index contributed by atoms with van der Waals surface area (Å²) in [4.78, 5) is 0. The summed E-state index contributed by atoms with van der Waals surface area (Å²) >= 11 is 0. The average molecular weight is 279 g/mol. The minimum Gasteiger partial charge on any atom is -0.369 e. The van der Waals surface area contributed by atoms with Crippen LogP contribution in [0.5, 0.6) is 0 Å².